The van der Waals surface area contributed by atoms with Crippen molar-refractivity contribution in [3.8, 4) is 0 Å². The molecule has 0 saturated carbocycles. The van der Waals surface area contributed by atoms with E-state index in [0.717, 1.165) is 18.5 Å². The molecule has 0 bridgehead atoms. The maximum atomic E-state index is 13.6. The second-order valence-corrected chi connectivity index (χ2v) is 6.30. The van der Waals surface area contributed by atoms with Gasteiger partial charge in [0, 0.05) is 16.1 Å². The lowest BCUT2D eigenvalue weighted by Gasteiger charge is -2.19. The van der Waals surface area contributed by atoms with Crippen LogP contribution < -0.4 is 5.32 Å². The maximum absolute atomic E-state index is 13.6. The maximum Gasteiger partial charge on any atom is 0.128 e. The fourth-order valence-corrected chi connectivity index (χ4v) is 2.05. The van der Waals surface area contributed by atoms with Crippen LogP contribution in [0.25, 0.3) is 0 Å². The largest absolute Gasteiger partial charge is 0.312 e. The minimum atomic E-state index is -0.229. The molecule has 0 amide bonds. The van der Waals surface area contributed by atoms with Gasteiger partial charge in [-0.2, -0.15) is 0 Å². The SMILES string of the molecule is CC(=CCCNC(C)(C)C)Cc1c(F)cccc1Cl. The first-order chi connectivity index (χ1) is 8.79. The zero-order valence-corrected chi connectivity index (χ0v) is 12.9. The Morgan fingerprint density at radius 1 is 1.37 bits per heavy atom. The van der Waals surface area contributed by atoms with Gasteiger partial charge in [0.25, 0.3) is 0 Å². The molecule has 0 radical (unpaired) electrons. The first-order valence-electron chi connectivity index (χ1n) is 6.63. The van der Waals surface area contributed by atoms with E-state index < -0.39 is 0 Å². The summed E-state index contributed by atoms with van der Waals surface area (Å²) >= 11 is 6.02. The van der Waals surface area contributed by atoms with Gasteiger partial charge < -0.3 is 5.32 Å². The molecule has 1 aromatic rings. The van der Waals surface area contributed by atoms with Gasteiger partial charge in [-0.1, -0.05) is 29.3 Å². The number of hydrogen-bond acceptors (Lipinski definition) is 1. The Morgan fingerprint density at radius 2 is 2.05 bits per heavy atom. The van der Waals surface area contributed by atoms with Crippen molar-refractivity contribution in [1.29, 1.82) is 0 Å². The van der Waals surface area contributed by atoms with Crippen molar-refractivity contribution in [2.45, 2.75) is 46.1 Å². The Morgan fingerprint density at radius 3 is 2.63 bits per heavy atom. The van der Waals surface area contributed by atoms with E-state index in [1.54, 1.807) is 12.1 Å². The molecule has 0 aliphatic rings. The standard InChI is InChI=1S/C16H23ClFN/c1-12(7-6-10-19-16(2,3)4)11-13-14(17)8-5-9-15(13)18/h5,7-9,19H,6,10-11H2,1-4H3. The number of halogens is 2. The molecular weight excluding hydrogens is 261 g/mol. The first-order valence-corrected chi connectivity index (χ1v) is 7.01. The summed E-state index contributed by atoms with van der Waals surface area (Å²) in [6.07, 6.45) is 3.65. The van der Waals surface area contributed by atoms with Crippen LogP contribution in [-0.4, -0.2) is 12.1 Å². The molecule has 1 aromatic carbocycles. The molecule has 3 heteroatoms. The van der Waals surface area contributed by atoms with E-state index in [1.807, 2.05) is 6.92 Å². The molecule has 0 atom stereocenters. The summed E-state index contributed by atoms with van der Waals surface area (Å²) in [6, 6.07) is 4.82. The lowest BCUT2D eigenvalue weighted by Crippen LogP contribution is -2.36. The van der Waals surface area contributed by atoms with Gasteiger partial charge in [-0.3, -0.25) is 0 Å². The zero-order chi connectivity index (χ0) is 14.5. The van der Waals surface area contributed by atoms with Crippen LogP contribution in [0.5, 0.6) is 0 Å². The van der Waals surface area contributed by atoms with Gasteiger partial charge in [0.05, 0.1) is 0 Å². The lowest BCUT2D eigenvalue weighted by atomic mass is 10.0. The van der Waals surface area contributed by atoms with Crippen LogP contribution in [0.1, 0.15) is 39.7 Å². The predicted molar refractivity (Wildman–Crippen MR) is 81.2 cm³/mol. The van der Waals surface area contributed by atoms with Crippen LogP contribution in [0.4, 0.5) is 4.39 Å². The normalized spacial score (nSPS) is 12.8. The number of nitrogens with one attached hydrogen (secondary N) is 1. The van der Waals surface area contributed by atoms with Crippen LogP contribution in [0, 0.1) is 5.82 Å². The second kappa shape index (κ2) is 7.06. The van der Waals surface area contributed by atoms with Gasteiger partial charge in [0.15, 0.2) is 0 Å². The van der Waals surface area contributed by atoms with E-state index in [4.69, 9.17) is 11.6 Å². The van der Waals surface area contributed by atoms with Gasteiger partial charge in [-0.05, 0) is 59.2 Å². The van der Waals surface area contributed by atoms with Crippen LogP contribution in [0.2, 0.25) is 5.02 Å². The molecule has 0 aliphatic heterocycles. The number of rotatable bonds is 5. The van der Waals surface area contributed by atoms with E-state index in [1.165, 1.54) is 6.07 Å². The summed E-state index contributed by atoms with van der Waals surface area (Å²) in [5, 5.41) is 3.92. The van der Waals surface area contributed by atoms with Gasteiger partial charge in [-0.25, -0.2) is 4.39 Å². The Bertz CT molecular complexity index is 426. The average molecular weight is 284 g/mol. The van der Waals surface area contributed by atoms with E-state index in [9.17, 15) is 4.39 Å². The van der Waals surface area contributed by atoms with Crippen molar-refractivity contribution < 1.29 is 4.39 Å². The molecule has 0 aliphatic carbocycles. The van der Waals surface area contributed by atoms with Gasteiger partial charge in [-0.15, -0.1) is 0 Å². The third-order valence-electron chi connectivity index (χ3n) is 2.81. The summed E-state index contributed by atoms with van der Waals surface area (Å²) in [5.74, 6) is -0.229. The molecule has 0 aromatic heterocycles. The van der Waals surface area contributed by atoms with Gasteiger partial charge in [0.1, 0.15) is 5.82 Å². The van der Waals surface area contributed by atoms with Crippen LogP contribution in [0.3, 0.4) is 0 Å². The average Bonchev–Trinajstić information content (AvgIpc) is 2.28. The third kappa shape index (κ3) is 6.22. The first kappa shape index (κ1) is 16.2. The van der Waals surface area contributed by atoms with E-state index >= 15 is 0 Å². The summed E-state index contributed by atoms with van der Waals surface area (Å²) < 4.78 is 13.6. The highest BCUT2D eigenvalue weighted by molar-refractivity contribution is 6.31. The van der Waals surface area contributed by atoms with Crippen LogP contribution >= 0.6 is 11.6 Å². The number of allylic oxidation sites excluding steroid dienone is 1. The Labute approximate surface area is 120 Å². The van der Waals surface area contributed by atoms with Crippen molar-refractivity contribution in [3.05, 3.63) is 46.3 Å². The molecule has 0 spiro atoms. The zero-order valence-electron chi connectivity index (χ0n) is 12.2. The third-order valence-corrected chi connectivity index (χ3v) is 3.16. The van der Waals surface area contributed by atoms with Crippen molar-refractivity contribution in [1.82, 2.24) is 5.32 Å². The summed E-state index contributed by atoms with van der Waals surface area (Å²) in [6.45, 7) is 9.36. The van der Waals surface area contributed by atoms with Crippen molar-refractivity contribution >= 4 is 11.6 Å². The van der Waals surface area contributed by atoms with Gasteiger partial charge >= 0.3 is 0 Å². The molecule has 1 N–H and O–H groups in total. The van der Waals surface area contributed by atoms with Crippen molar-refractivity contribution in [2.24, 2.45) is 0 Å². The monoisotopic (exact) mass is 283 g/mol. The van der Waals surface area contributed by atoms with Crippen molar-refractivity contribution in [2.75, 3.05) is 6.54 Å². The number of hydrogen-bond donors (Lipinski definition) is 1. The predicted octanol–water partition coefficient (Wildman–Crippen LogP) is 4.75. The van der Waals surface area contributed by atoms with Crippen molar-refractivity contribution in [3.63, 3.8) is 0 Å². The van der Waals surface area contributed by atoms with Gasteiger partial charge in [0.2, 0.25) is 0 Å². The van der Waals surface area contributed by atoms with E-state index in [2.05, 4.69) is 32.2 Å². The Balaban J connectivity index is 2.53. The molecule has 0 heterocycles. The second-order valence-electron chi connectivity index (χ2n) is 5.89. The summed E-state index contributed by atoms with van der Waals surface area (Å²) in [4.78, 5) is 0. The fraction of sp³-hybridized carbons (Fsp3) is 0.500. The molecule has 1 rings (SSSR count). The highest BCUT2D eigenvalue weighted by Crippen LogP contribution is 2.22. The molecule has 0 fully saturated rings. The summed E-state index contributed by atoms with van der Waals surface area (Å²) in [5.41, 5.74) is 1.86. The van der Waals surface area contributed by atoms with Crippen LogP contribution in [-0.2, 0) is 6.42 Å². The Kier molecular flexibility index (Phi) is 6.02. The lowest BCUT2D eigenvalue weighted by molar-refractivity contribution is 0.431. The molecule has 19 heavy (non-hydrogen) atoms. The molecule has 1 nitrogen and oxygen atoms in total. The quantitative estimate of drug-likeness (QED) is 0.608. The molecular formula is C16H23ClFN. The van der Waals surface area contributed by atoms with E-state index in [0.29, 0.717) is 17.0 Å². The topological polar surface area (TPSA) is 12.0 Å². The number of benzene rings is 1. The smallest absolute Gasteiger partial charge is 0.128 e. The molecule has 0 saturated heterocycles. The highest BCUT2D eigenvalue weighted by Gasteiger charge is 2.08. The van der Waals surface area contributed by atoms with E-state index in [-0.39, 0.29) is 11.4 Å². The summed E-state index contributed by atoms with van der Waals surface area (Å²) in [7, 11) is 0. The minimum absolute atomic E-state index is 0.136. The highest BCUT2D eigenvalue weighted by atomic mass is 35.5. The fourth-order valence-electron chi connectivity index (χ4n) is 1.82. The minimum Gasteiger partial charge on any atom is -0.312 e. The van der Waals surface area contributed by atoms with Crippen LogP contribution in [0.15, 0.2) is 29.8 Å². The molecule has 106 valence electrons. The molecule has 0 unspecified atom stereocenters. The Hall–Kier alpha value is -0.860.